The molecule has 18 heavy (non-hydrogen) atoms. The summed E-state index contributed by atoms with van der Waals surface area (Å²) in [5.74, 6) is 0. The van der Waals surface area contributed by atoms with E-state index in [9.17, 15) is 8.42 Å². The number of methoxy groups -OCH3 is 1. The average molecular weight is 295 g/mol. The molecule has 0 saturated heterocycles. The quantitative estimate of drug-likeness (QED) is 0.651. The third-order valence-corrected chi connectivity index (χ3v) is 4.00. The van der Waals surface area contributed by atoms with E-state index in [1.54, 1.807) is 0 Å². The largest absolute Gasteiger partial charge is 0.398 e. The van der Waals surface area contributed by atoms with Crippen LogP contribution in [0.4, 0.5) is 5.69 Å². The van der Waals surface area contributed by atoms with Crippen molar-refractivity contribution in [1.29, 1.82) is 0 Å². The van der Waals surface area contributed by atoms with Crippen molar-refractivity contribution in [3.05, 3.63) is 23.2 Å². The van der Waals surface area contributed by atoms with Gasteiger partial charge in [-0.2, -0.15) is 0 Å². The van der Waals surface area contributed by atoms with E-state index in [0.29, 0.717) is 5.02 Å². The number of nitrogens with two attached hydrogens (primary N) is 1. The van der Waals surface area contributed by atoms with Crippen LogP contribution in [0, 0.1) is 0 Å². The summed E-state index contributed by atoms with van der Waals surface area (Å²) in [5, 5.41) is 9.37. The number of halogens is 1. The van der Waals surface area contributed by atoms with Gasteiger partial charge in [-0.3, -0.25) is 0 Å². The molecule has 0 aliphatic rings. The van der Waals surface area contributed by atoms with Crippen molar-refractivity contribution in [2.45, 2.75) is 10.9 Å². The topological polar surface area (TPSA) is 102 Å². The van der Waals surface area contributed by atoms with Crippen molar-refractivity contribution >= 4 is 27.3 Å². The predicted octanol–water partition coefficient (Wildman–Crippen LogP) is 0.208. The van der Waals surface area contributed by atoms with Gasteiger partial charge in [0.15, 0.2) is 0 Å². The van der Waals surface area contributed by atoms with E-state index >= 15 is 0 Å². The highest BCUT2D eigenvalue weighted by Gasteiger charge is 2.21. The normalized spacial score (nSPS) is 13.5. The summed E-state index contributed by atoms with van der Waals surface area (Å²) < 4.78 is 31.1. The van der Waals surface area contributed by atoms with E-state index in [0.717, 1.165) is 0 Å². The molecule has 1 aromatic carbocycles. The van der Waals surface area contributed by atoms with Crippen LogP contribution in [0.2, 0.25) is 5.02 Å². The molecule has 1 rings (SSSR count). The molecule has 0 aliphatic carbocycles. The van der Waals surface area contributed by atoms with Gasteiger partial charge in [0.05, 0.1) is 24.9 Å². The molecule has 0 radical (unpaired) electrons. The second-order valence-electron chi connectivity index (χ2n) is 3.64. The van der Waals surface area contributed by atoms with Crippen molar-refractivity contribution in [2.24, 2.45) is 0 Å². The number of sulfonamides is 1. The summed E-state index contributed by atoms with van der Waals surface area (Å²) >= 11 is 5.69. The molecule has 0 aromatic heterocycles. The number of aliphatic hydroxyl groups is 1. The zero-order chi connectivity index (χ0) is 13.8. The summed E-state index contributed by atoms with van der Waals surface area (Å²) in [6.45, 7) is -0.316. The molecular weight excluding hydrogens is 280 g/mol. The maximum absolute atomic E-state index is 12.0. The minimum Gasteiger partial charge on any atom is -0.398 e. The van der Waals surface area contributed by atoms with Gasteiger partial charge in [-0.15, -0.1) is 0 Å². The maximum Gasteiger partial charge on any atom is 0.243 e. The standard InChI is InChI=1S/C10H15ClN2O4S/c1-17-6-8(5-14)13-18(15,16)10-3-2-7(11)4-9(10)12/h2-4,8,13-14H,5-6,12H2,1H3. The lowest BCUT2D eigenvalue weighted by Crippen LogP contribution is -2.40. The highest BCUT2D eigenvalue weighted by Crippen LogP contribution is 2.22. The minimum atomic E-state index is -3.81. The molecule has 0 amide bonds. The number of rotatable bonds is 6. The molecule has 0 fully saturated rings. The second-order valence-corrected chi connectivity index (χ2v) is 5.76. The van der Waals surface area contributed by atoms with Gasteiger partial charge in [-0.25, -0.2) is 13.1 Å². The van der Waals surface area contributed by atoms with Crippen LogP contribution in [0.5, 0.6) is 0 Å². The number of hydrogen-bond donors (Lipinski definition) is 3. The lowest BCUT2D eigenvalue weighted by molar-refractivity contribution is 0.139. The Morgan fingerprint density at radius 3 is 2.72 bits per heavy atom. The SMILES string of the molecule is COCC(CO)NS(=O)(=O)c1ccc(Cl)cc1N. The van der Waals surface area contributed by atoms with Gasteiger partial charge in [0.1, 0.15) is 4.90 Å². The van der Waals surface area contributed by atoms with E-state index in [4.69, 9.17) is 27.2 Å². The molecular formula is C10H15ClN2O4S. The first kappa shape index (κ1) is 15.2. The Morgan fingerprint density at radius 1 is 1.56 bits per heavy atom. The third-order valence-electron chi connectivity index (χ3n) is 2.17. The molecule has 8 heteroatoms. The highest BCUT2D eigenvalue weighted by atomic mass is 35.5. The molecule has 1 unspecified atom stereocenters. The molecule has 102 valence electrons. The van der Waals surface area contributed by atoms with Crippen LogP contribution in [0.15, 0.2) is 23.1 Å². The first-order valence-corrected chi connectivity index (χ1v) is 6.94. The summed E-state index contributed by atoms with van der Waals surface area (Å²) in [5.41, 5.74) is 5.65. The van der Waals surface area contributed by atoms with Crippen molar-refractivity contribution < 1.29 is 18.3 Å². The Labute approximate surface area is 111 Å². The van der Waals surface area contributed by atoms with Crippen molar-refractivity contribution in [3.8, 4) is 0 Å². The predicted molar refractivity (Wildman–Crippen MR) is 68.9 cm³/mol. The highest BCUT2D eigenvalue weighted by molar-refractivity contribution is 7.89. The fraction of sp³-hybridized carbons (Fsp3) is 0.400. The minimum absolute atomic E-state index is 0.0455. The van der Waals surface area contributed by atoms with Crippen LogP contribution in [0.3, 0.4) is 0 Å². The molecule has 6 nitrogen and oxygen atoms in total. The number of aliphatic hydroxyl groups excluding tert-OH is 1. The first-order valence-electron chi connectivity index (χ1n) is 5.08. The third kappa shape index (κ3) is 3.82. The molecule has 1 atom stereocenters. The van der Waals surface area contributed by atoms with Gasteiger partial charge in [0.2, 0.25) is 10.0 Å². The number of anilines is 1. The van der Waals surface area contributed by atoms with E-state index in [1.165, 1.54) is 25.3 Å². The maximum atomic E-state index is 12.0. The lowest BCUT2D eigenvalue weighted by atomic mass is 10.3. The summed E-state index contributed by atoms with van der Waals surface area (Å²) in [6, 6.07) is 3.35. The Morgan fingerprint density at radius 2 is 2.22 bits per heavy atom. The first-order chi connectivity index (χ1) is 8.40. The van der Waals surface area contributed by atoms with Gasteiger partial charge in [-0.1, -0.05) is 11.6 Å². The zero-order valence-electron chi connectivity index (χ0n) is 9.76. The number of benzene rings is 1. The van der Waals surface area contributed by atoms with Crippen LogP contribution < -0.4 is 10.5 Å². The Balaban J connectivity index is 2.99. The Kier molecular flexibility index (Phi) is 5.36. The Bertz CT molecular complexity index is 507. The zero-order valence-corrected chi connectivity index (χ0v) is 11.3. The van der Waals surface area contributed by atoms with Gasteiger partial charge >= 0.3 is 0 Å². The van der Waals surface area contributed by atoms with Crippen molar-refractivity contribution in [2.75, 3.05) is 26.1 Å². The molecule has 0 saturated carbocycles. The smallest absolute Gasteiger partial charge is 0.243 e. The number of nitrogen functional groups attached to an aromatic ring is 1. The molecule has 0 spiro atoms. The van der Waals surface area contributed by atoms with E-state index in [-0.39, 0.29) is 23.8 Å². The van der Waals surface area contributed by atoms with Gasteiger partial charge < -0.3 is 15.6 Å². The molecule has 0 heterocycles. The number of nitrogens with one attached hydrogen (secondary N) is 1. The Hall–Kier alpha value is -0.860. The van der Waals surface area contributed by atoms with Crippen LogP contribution >= 0.6 is 11.6 Å². The lowest BCUT2D eigenvalue weighted by Gasteiger charge is -2.16. The second kappa shape index (κ2) is 6.35. The van der Waals surface area contributed by atoms with E-state index < -0.39 is 16.1 Å². The van der Waals surface area contributed by atoms with Crippen LogP contribution in [0.25, 0.3) is 0 Å². The summed E-state index contributed by atoms with van der Waals surface area (Å²) in [4.78, 5) is -0.0820. The van der Waals surface area contributed by atoms with Crippen LogP contribution in [0.1, 0.15) is 0 Å². The monoisotopic (exact) mass is 294 g/mol. The molecule has 1 aromatic rings. The molecule has 4 N–H and O–H groups in total. The van der Waals surface area contributed by atoms with Gasteiger partial charge in [0.25, 0.3) is 0 Å². The van der Waals surface area contributed by atoms with Crippen LogP contribution in [-0.4, -0.2) is 39.9 Å². The van der Waals surface area contributed by atoms with Crippen molar-refractivity contribution in [1.82, 2.24) is 4.72 Å². The number of hydrogen-bond acceptors (Lipinski definition) is 5. The van der Waals surface area contributed by atoms with Crippen molar-refractivity contribution in [3.63, 3.8) is 0 Å². The van der Waals surface area contributed by atoms with Gasteiger partial charge in [-0.05, 0) is 18.2 Å². The van der Waals surface area contributed by atoms with Gasteiger partial charge in [0, 0.05) is 12.1 Å². The van der Waals surface area contributed by atoms with Crippen LogP contribution in [-0.2, 0) is 14.8 Å². The number of ether oxygens (including phenoxy) is 1. The van der Waals surface area contributed by atoms with E-state index in [1.807, 2.05) is 0 Å². The fourth-order valence-corrected chi connectivity index (χ4v) is 2.88. The average Bonchev–Trinajstić information content (AvgIpc) is 2.27. The fourth-order valence-electron chi connectivity index (χ4n) is 1.37. The molecule has 0 aliphatic heterocycles. The summed E-state index contributed by atoms with van der Waals surface area (Å²) in [7, 11) is -2.40. The summed E-state index contributed by atoms with van der Waals surface area (Å²) in [6.07, 6.45) is 0. The van der Waals surface area contributed by atoms with E-state index in [2.05, 4.69) is 4.72 Å². The molecule has 0 bridgehead atoms.